The normalized spacial score (nSPS) is 26.2. The van der Waals surface area contributed by atoms with Gasteiger partial charge < -0.3 is 16.4 Å². The number of amides is 2. The minimum atomic E-state index is -0.212. The molecule has 0 aromatic heterocycles. The molecule has 0 aromatic carbocycles. The number of halogens is 1. The van der Waals surface area contributed by atoms with E-state index in [9.17, 15) is 9.59 Å². The van der Waals surface area contributed by atoms with Crippen molar-refractivity contribution in [2.75, 3.05) is 13.1 Å². The third-order valence-corrected chi connectivity index (χ3v) is 3.69. The first-order valence-corrected chi connectivity index (χ1v) is 5.94. The van der Waals surface area contributed by atoms with Crippen molar-refractivity contribution in [2.45, 2.75) is 37.6 Å². The van der Waals surface area contributed by atoms with Gasteiger partial charge in [0.2, 0.25) is 11.8 Å². The lowest BCUT2D eigenvalue weighted by Crippen LogP contribution is -2.53. The Morgan fingerprint density at radius 3 is 2.59 bits per heavy atom. The van der Waals surface area contributed by atoms with Gasteiger partial charge in [0.1, 0.15) is 0 Å². The molecule has 1 saturated carbocycles. The van der Waals surface area contributed by atoms with E-state index < -0.39 is 0 Å². The lowest BCUT2D eigenvalue weighted by molar-refractivity contribution is -0.128. The Morgan fingerprint density at radius 2 is 2.12 bits per heavy atom. The average Bonchev–Trinajstić information content (AvgIpc) is 2.88. The van der Waals surface area contributed by atoms with Gasteiger partial charge in [-0.2, -0.15) is 0 Å². The molecule has 1 unspecified atom stereocenters. The molecule has 0 aromatic rings. The summed E-state index contributed by atoms with van der Waals surface area (Å²) in [6, 6.07) is 0. The second-order valence-corrected chi connectivity index (χ2v) is 4.89. The van der Waals surface area contributed by atoms with Gasteiger partial charge in [-0.25, -0.2) is 0 Å². The van der Waals surface area contributed by atoms with E-state index in [4.69, 9.17) is 5.73 Å². The summed E-state index contributed by atoms with van der Waals surface area (Å²) in [6.07, 6.45) is 4.48. The number of nitrogens with one attached hydrogen (secondary N) is 2. The molecular formula is C11H20ClN3O2. The quantitative estimate of drug-likeness (QED) is 0.665. The average molecular weight is 262 g/mol. The molecule has 1 atom stereocenters. The highest BCUT2D eigenvalue weighted by Gasteiger charge is 2.37. The van der Waals surface area contributed by atoms with Crippen LogP contribution in [0.3, 0.4) is 0 Å². The molecule has 2 aliphatic rings. The second-order valence-electron chi connectivity index (χ2n) is 4.89. The topological polar surface area (TPSA) is 84.2 Å². The monoisotopic (exact) mass is 261 g/mol. The van der Waals surface area contributed by atoms with Crippen LogP contribution in [0.25, 0.3) is 0 Å². The largest absolute Gasteiger partial charge is 0.355 e. The van der Waals surface area contributed by atoms with E-state index in [1.54, 1.807) is 0 Å². The molecule has 2 amide bonds. The van der Waals surface area contributed by atoms with E-state index in [0.717, 1.165) is 25.7 Å². The molecule has 2 rings (SSSR count). The van der Waals surface area contributed by atoms with E-state index in [1.807, 2.05) is 0 Å². The molecule has 0 spiro atoms. The Morgan fingerprint density at radius 1 is 1.47 bits per heavy atom. The van der Waals surface area contributed by atoms with E-state index in [0.29, 0.717) is 19.5 Å². The minimum absolute atomic E-state index is 0. The fourth-order valence-corrected chi connectivity index (χ4v) is 2.59. The van der Waals surface area contributed by atoms with Gasteiger partial charge >= 0.3 is 0 Å². The summed E-state index contributed by atoms with van der Waals surface area (Å²) in [4.78, 5) is 23.0. The molecule has 0 bridgehead atoms. The lowest BCUT2D eigenvalue weighted by Gasteiger charge is -2.29. The summed E-state index contributed by atoms with van der Waals surface area (Å²) in [6.45, 7) is 0.957. The van der Waals surface area contributed by atoms with Crippen LogP contribution in [0.5, 0.6) is 0 Å². The fraction of sp³-hybridized carbons (Fsp3) is 0.818. The molecule has 1 heterocycles. The highest BCUT2D eigenvalue weighted by Crippen LogP contribution is 2.29. The van der Waals surface area contributed by atoms with Crippen LogP contribution in [0.4, 0.5) is 0 Å². The van der Waals surface area contributed by atoms with Crippen molar-refractivity contribution in [1.29, 1.82) is 0 Å². The molecule has 5 nitrogen and oxygen atoms in total. The number of carbonyl (C=O) groups excluding carboxylic acids is 2. The molecular weight excluding hydrogens is 242 g/mol. The molecule has 6 heteroatoms. The standard InChI is InChI=1S/C11H19N3O2.ClH/c12-7-11(3-1-2-4-11)14-10(16)8-5-9(15)13-6-8;/h8H,1-7,12H2,(H,13,15)(H,14,16);1H. The lowest BCUT2D eigenvalue weighted by atomic mass is 9.96. The zero-order valence-electron chi connectivity index (χ0n) is 9.83. The summed E-state index contributed by atoms with van der Waals surface area (Å²) < 4.78 is 0. The van der Waals surface area contributed by atoms with Crippen molar-refractivity contribution >= 4 is 24.2 Å². The maximum absolute atomic E-state index is 12.0. The Bertz CT molecular complexity index is 303. The van der Waals surface area contributed by atoms with E-state index in [2.05, 4.69) is 10.6 Å². The van der Waals surface area contributed by atoms with Crippen molar-refractivity contribution in [3.63, 3.8) is 0 Å². The van der Waals surface area contributed by atoms with Crippen LogP contribution in [0.1, 0.15) is 32.1 Å². The summed E-state index contributed by atoms with van der Waals surface area (Å²) >= 11 is 0. The summed E-state index contributed by atoms with van der Waals surface area (Å²) in [5.74, 6) is -0.268. The summed E-state index contributed by atoms with van der Waals surface area (Å²) in [5.41, 5.74) is 5.54. The van der Waals surface area contributed by atoms with Crippen LogP contribution in [0.2, 0.25) is 0 Å². The Hall–Kier alpha value is -0.810. The first kappa shape index (κ1) is 14.3. The Labute approximate surface area is 107 Å². The molecule has 98 valence electrons. The summed E-state index contributed by atoms with van der Waals surface area (Å²) in [7, 11) is 0. The molecule has 17 heavy (non-hydrogen) atoms. The molecule has 1 aliphatic heterocycles. The third kappa shape index (κ3) is 3.10. The maximum Gasteiger partial charge on any atom is 0.225 e. The molecule has 0 radical (unpaired) electrons. The van der Waals surface area contributed by atoms with Crippen LogP contribution in [0, 0.1) is 5.92 Å². The molecule has 4 N–H and O–H groups in total. The Kier molecular flexibility index (Phi) is 4.77. The highest BCUT2D eigenvalue weighted by atomic mass is 35.5. The van der Waals surface area contributed by atoms with Gasteiger partial charge in [0, 0.05) is 19.5 Å². The van der Waals surface area contributed by atoms with Gasteiger partial charge in [0.25, 0.3) is 0 Å². The van der Waals surface area contributed by atoms with Crippen molar-refractivity contribution in [2.24, 2.45) is 11.7 Å². The second kappa shape index (κ2) is 5.69. The van der Waals surface area contributed by atoms with Crippen LogP contribution >= 0.6 is 12.4 Å². The predicted octanol–water partition coefficient (Wildman–Crippen LogP) is -0.0680. The number of carbonyl (C=O) groups is 2. The summed E-state index contributed by atoms with van der Waals surface area (Å²) in [5, 5.41) is 5.72. The van der Waals surface area contributed by atoms with Gasteiger partial charge in [-0.3, -0.25) is 9.59 Å². The van der Waals surface area contributed by atoms with Crippen LogP contribution < -0.4 is 16.4 Å². The van der Waals surface area contributed by atoms with Crippen molar-refractivity contribution in [3.05, 3.63) is 0 Å². The van der Waals surface area contributed by atoms with Gasteiger partial charge in [-0.15, -0.1) is 12.4 Å². The highest BCUT2D eigenvalue weighted by molar-refractivity contribution is 5.89. The Balaban J connectivity index is 0.00000144. The van der Waals surface area contributed by atoms with E-state index in [1.165, 1.54) is 0 Å². The number of rotatable bonds is 3. The molecule has 1 saturated heterocycles. The first-order chi connectivity index (χ1) is 7.65. The van der Waals surface area contributed by atoms with Crippen LogP contribution in [-0.2, 0) is 9.59 Å². The van der Waals surface area contributed by atoms with Crippen molar-refractivity contribution in [3.8, 4) is 0 Å². The number of hydrogen-bond acceptors (Lipinski definition) is 3. The first-order valence-electron chi connectivity index (χ1n) is 5.94. The van der Waals surface area contributed by atoms with Gasteiger partial charge in [-0.05, 0) is 12.8 Å². The van der Waals surface area contributed by atoms with Crippen molar-refractivity contribution in [1.82, 2.24) is 10.6 Å². The van der Waals surface area contributed by atoms with E-state index in [-0.39, 0.29) is 35.7 Å². The predicted molar refractivity (Wildman–Crippen MR) is 66.8 cm³/mol. The zero-order chi connectivity index (χ0) is 11.6. The smallest absolute Gasteiger partial charge is 0.225 e. The maximum atomic E-state index is 12.0. The number of hydrogen-bond donors (Lipinski definition) is 3. The molecule has 1 aliphatic carbocycles. The fourth-order valence-electron chi connectivity index (χ4n) is 2.59. The number of nitrogens with two attached hydrogens (primary N) is 1. The molecule has 2 fully saturated rings. The third-order valence-electron chi connectivity index (χ3n) is 3.69. The van der Waals surface area contributed by atoms with Gasteiger partial charge in [-0.1, -0.05) is 12.8 Å². The minimum Gasteiger partial charge on any atom is -0.355 e. The van der Waals surface area contributed by atoms with E-state index >= 15 is 0 Å². The van der Waals surface area contributed by atoms with Crippen molar-refractivity contribution < 1.29 is 9.59 Å². The van der Waals surface area contributed by atoms with Crippen LogP contribution in [0.15, 0.2) is 0 Å². The SMILES string of the molecule is Cl.NCC1(NC(=O)C2CNC(=O)C2)CCCC1. The van der Waals surface area contributed by atoms with Crippen LogP contribution in [-0.4, -0.2) is 30.4 Å². The van der Waals surface area contributed by atoms with Gasteiger partial charge in [0.15, 0.2) is 0 Å². The zero-order valence-corrected chi connectivity index (χ0v) is 10.6. The van der Waals surface area contributed by atoms with Gasteiger partial charge in [0.05, 0.1) is 11.5 Å².